The molecule has 0 radical (unpaired) electrons. The Morgan fingerprint density at radius 2 is 2.06 bits per heavy atom. The van der Waals surface area contributed by atoms with Crippen LogP contribution in [0.1, 0.15) is 42.4 Å². The van der Waals surface area contributed by atoms with Crippen LogP contribution < -0.4 is 5.73 Å². The highest BCUT2D eigenvalue weighted by atomic mass is 16.1. The molecule has 1 saturated carbocycles. The molecule has 17 heavy (non-hydrogen) atoms. The Morgan fingerprint density at radius 3 is 2.65 bits per heavy atom. The maximum Gasteiger partial charge on any atom is 0.139 e. The van der Waals surface area contributed by atoms with Gasteiger partial charge in [-0.2, -0.15) is 0 Å². The van der Waals surface area contributed by atoms with Crippen molar-refractivity contribution in [3.05, 3.63) is 34.9 Å². The van der Waals surface area contributed by atoms with E-state index < -0.39 is 0 Å². The van der Waals surface area contributed by atoms with Gasteiger partial charge in [0, 0.05) is 18.4 Å². The zero-order valence-corrected chi connectivity index (χ0v) is 10.8. The average molecular weight is 231 g/mol. The van der Waals surface area contributed by atoms with E-state index in [2.05, 4.69) is 32.0 Å². The fourth-order valence-electron chi connectivity index (χ4n) is 2.47. The van der Waals surface area contributed by atoms with Crippen LogP contribution in [0.3, 0.4) is 0 Å². The number of carbonyl (C=O) groups excluding carboxylic acids is 1. The Labute approximate surface area is 103 Å². The largest absolute Gasteiger partial charge is 0.325 e. The van der Waals surface area contributed by atoms with Gasteiger partial charge >= 0.3 is 0 Å². The van der Waals surface area contributed by atoms with Gasteiger partial charge in [-0.15, -0.1) is 0 Å². The molecule has 1 aromatic carbocycles. The summed E-state index contributed by atoms with van der Waals surface area (Å²) < 4.78 is 0. The van der Waals surface area contributed by atoms with E-state index in [1.807, 2.05) is 0 Å². The predicted octanol–water partition coefficient (Wildman–Crippen LogP) is 2.69. The minimum Gasteiger partial charge on any atom is -0.325 e. The van der Waals surface area contributed by atoms with E-state index in [-0.39, 0.29) is 11.3 Å². The number of Topliss-reactive ketones (excluding diaryl/α,β-unsaturated/α-hetero) is 1. The van der Waals surface area contributed by atoms with Crippen molar-refractivity contribution in [1.82, 2.24) is 0 Å². The van der Waals surface area contributed by atoms with Gasteiger partial charge in [0.25, 0.3) is 0 Å². The van der Waals surface area contributed by atoms with Crippen LogP contribution >= 0.6 is 0 Å². The zero-order chi connectivity index (χ0) is 12.5. The molecule has 0 heterocycles. The summed E-state index contributed by atoms with van der Waals surface area (Å²) in [6.07, 6.45) is 4.26. The highest BCUT2D eigenvalue weighted by Gasteiger charge is 2.34. The van der Waals surface area contributed by atoms with Gasteiger partial charge in [0.2, 0.25) is 0 Å². The lowest BCUT2D eigenvalue weighted by atomic mass is 9.74. The molecule has 1 aliphatic carbocycles. The van der Waals surface area contributed by atoms with E-state index >= 15 is 0 Å². The predicted molar refractivity (Wildman–Crippen MR) is 70.0 cm³/mol. The second kappa shape index (κ2) is 4.61. The standard InChI is InChI=1S/C15H21NO/c1-11-4-5-12(2)13(8-11)9-14(17)10-15(16)6-3-7-15/h4-5,8H,3,6-7,9-10,16H2,1-2H3. The third-order valence-electron chi connectivity index (χ3n) is 3.79. The monoisotopic (exact) mass is 231 g/mol. The first-order chi connectivity index (χ1) is 7.98. The van der Waals surface area contributed by atoms with Crippen LogP contribution in [0.5, 0.6) is 0 Å². The van der Waals surface area contributed by atoms with Gasteiger partial charge in [-0.3, -0.25) is 4.79 Å². The molecule has 1 aromatic rings. The lowest BCUT2D eigenvalue weighted by Gasteiger charge is -2.37. The first kappa shape index (κ1) is 12.3. The van der Waals surface area contributed by atoms with Gasteiger partial charge in [0.15, 0.2) is 0 Å². The Morgan fingerprint density at radius 1 is 1.35 bits per heavy atom. The van der Waals surface area contributed by atoms with Crippen LogP contribution in [0.15, 0.2) is 18.2 Å². The highest BCUT2D eigenvalue weighted by Crippen LogP contribution is 2.32. The summed E-state index contributed by atoms with van der Waals surface area (Å²) >= 11 is 0. The summed E-state index contributed by atoms with van der Waals surface area (Å²) in [6, 6.07) is 6.27. The minimum absolute atomic E-state index is 0.186. The maximum atomic E-state index is 12.0. The normalized spacial score (nSPS) is 17.6. The number of benzene rings is 1. The summed E-state index contributed by atoms with van der Waals surface area (Å²) in [5, 5.41) is 0. The Bertz CT molecular complexity index is 433. The van der Waals surface area contributed by atoms with Gasteiger partial charge in [-0.1, -0.05) is 23.8 Å². The van der Waals surface area contributed by atoms with Crippen LogP contribution in [-0.2, 0) is 11.2 Å². The number of nitrogens with two attached hydrogens (primary N) is 1. The Balaban J connectivity index is 2.00. The first-order valence-electron chi connectivity index (χ1n) is 6.35. The van der Waals surface area contributed by atoms with Gasteiger partial charge in [-0.05, 0) is 44.2 Å². The molecule has 92 valence electrons. The van der Waals surface area contributed by atoms with Crippen molar-refractivity contribution >= 4 is 5.78 Å². The van der Waals surface area contributed by atoms with Crippen LogP contribution in [0.4, 0.5) is 0 Å². The lowest BCUT2D eigenvalue weighted by Crippen LogP contribution is -2.48. The molecule has 2 heteroatoms. The van der Waals surface area contributed by atoms with Gasteiger partial charge in [0.1, 0.15) is 5.78 Å². The van der Waals surface area contributed by atoms with Crippen molar-refractivity contribution < 1.29 is 4.79 Å². The number of carbonyl (C=O) groups is 1. The summed E-state index contributed by atoms with van der Waals surface area (Å²) in [6.45, 7) is 4.12. The van der Waals surface area contributed by atoms with E-state index in [1.54, 1.807) is 0 Å². The van der Waals surface area contributed by atoms with E-state index in [0.29, 0.717) is 12.8 Å². The molecule has 1 fully saturated rings. The number of rotatable bonds is 4. The smallest absolute Gasteiger partial charge is 0.139 e. The number of hydrogen-bond acceptors (Lipinski definition) is 2. The number of aryl methyl sites for hydroxylation is 2. The summed E-state index contributed by atoms with van der Waals surface area (Å²) in [5.74, 6) is 0.279. The molecule has 0 bridgehead atoms. The van der Waals surface area contributed by atoms with Crippen molar-refractivity contribution in [3.8, 4) is 0 Å². The van der Waals surface area contributed by atoms with Crippen LogP contribution in [-0.4, -0.2) is 11.3 Å². The Kier molecular flexibility index (Phi) is 3.34. The molecular weight excluding hydrogens is 210 g/mol. The topological polar surface area (TPSA) is 43.1 Å². The molecule has 2 rings (SSSR count). The fourth-order valence-corrected chi connectivity index (χ4v) is 2.47. The molecule has 0 unspecified atom stereocenters. The second-order valence-electron chi connectivity index (χ2n) is 5.54. The zero-order valence-electron chi connectivity index (χ0n) is 10.8. The van der Waals surface area contributed by atoms with Crippen molar-refractivity contribution in [2.24, 2.45) is 5.73 Å². The third kappa shape index (κ3) is 2.95. The Hall–Kier alpha value is -1.15. The van der Waals surface area contributed by atoms with E-state index in [1.165, 1.54) is 17.5 Å². The summed E-state index contributed by atoms with van der Waals surface area (Å²) in [7, 11) is 0. The molecule has 0 aliphatic heterocycles. The van der Waals surface area contributed by atoms with Crippen LogP contribution in [0, 0.1) is 13.8 Å². The molecule has 0 saturated heterocycles. The highest BCUT2D eigenvalue weighted by molar-refractivity contribution is 5.82. The minimum atomic E-state index is -0.186. The van der Waals surface area contributed by atoms with E-state index in [0.717, 1.165) is 18.4 Å². The quantitative estimate of drug-likeness (QED) is 0.865. The number of ketones is 1. The average Bonchev–Trinajstić information content (AvgIpc) is 2.21. The summed E-state index contributed by atoms with van der Waals surface area (Å²) in [5.41, 5.74) is 9.48. The number of hydrogen-bond donors (Lipinski definition) is 1. The van der Waals surface area contributed by atoms with Gasteiger partial charge < -0.3 is 5.73 Å². The molecule has 0 aromatic heterocycles. The molecule has 0 atom stereocenters. The molecule has 0 amide bonds. The van der Waals surface area contributed by atoms with E-state index in [9.17, 15) is 4.79 Å². The van der Waals surface area contributed by atoms with Crippen molar-refractivity contribution in [1.29, 1.82) is 0 Å². The molecule has 2 N–H and O–H groups in total. The first-order valence-corrected chi connectivity index (χ1v) is 6.35. The van der Waals surface area contributed by atoms with Crippen molar-refractivity contribution in [2.45, 2.75) is 51.5 Å². The molecule has 0 spiro atoms. The SMILES string of the molecule is Cc1ccc(C)c(CC(=O)CC2(N)CCC2)c1. The molecular formula is C15H21NO. The second-order valence-corrected chi connectivity index (χ2v) is 5.54. The van der Waals surface area contributed by atoms with E-state index in [4.69, 9.17) is 5.73 Å². The van der Waals surface area contributed by atoms with Gasteiger partial charge in [-0.25, -0.2) is 0 Å². The van der Waals surface area contributed by atoms with Crippen LogP contribution in [0.2, 0.25) is 0 Å². The molecule has 2 nitrogen and oxygen atoms in total. The lowest BCUT2D eigenvalue weighted by molar-refractivity contribution is -0.120. The van der Waals surface area contributed by atoms with Crippen LogP contribution in [0.25, 0.3) is 0 Å². The van der Waals surface area contributed by atoms with Crippen molar-refractivity contribution in [3.63, 3.8) is 0 Å². The van der Waals surface area contributed by atoms with Crippen molar-refractivity contribution in [2.75, 3.05) is 0 Å². The van der Waals surface area contributed by atoms with Gasteiger partial charge in [0.05, 0.1) is 0 Å². The maximum absolute atomic E-state index is 12.0. The summed E-state index contributed by atoms with van der Waals surface area (Å²) in [4.78, 5) is 12.0. The fraction of sp³-hybridized carbons (Fsp3) is 0.533. The third-order valence-corrected chi connectivity index (χ3v) is 3.79. The molecule has 1 aliphatic rings.